The summed E-state index contributed by atoms with van der Waals surface area (Å²) in [5, 5.41) is 13.3. The molecule has 4 amide bonds. The smallest absolute Gasteiger partial charge is 0.321 e. The summed E-state index contributed by atoms with van der Waals surface area (Å²) in [7, 11) is 2.86. The molecule has 0 aliphatic heterocycles. The molecule has 13 nitrogen and oxygen atoms in total. The lowest BCUT2D eigenvalue weighted by molar-refractivity contribution is -0.119. The van der Waals surface area contributed by atoms with Crippen LogP contribution < -0.4 is 31.7 Å². The quantitative estimate of drug-likeness (QED) is 0.217. The molecule has 0 spiro atoms. The van der Waals surface area contributed by atoms with E-state index in [0.29, 0.717) is 11.8 Å². The zero-order valence-electron chi connectivity index (χ0n) is 20.3. The van der Waals surface area contributed by atoms with E-state index < -0.39 is 29.5 Å². The van der Waals surface area contributed by atoms with E-state index in [9.17, 15) is 23.2 Å². The number of amides is 4. The van der Waals surface area contributed by atoms with E-state index in [0.717, 1.165) is 17.4 Å². The van der Waals surface area contributed by atoms with E-state index in [1.807, 2.05) is 0 Å². The molecule has 2 aromatic carbocycles. The summed E-state index contributed by atoms with van der Waals surface area (Å²) >= 11 is 0.882. The summed E-state index contributed by atoms with van der Waals surface area (Å²) in [6.45, 7) is -0.256. The summed E-state index contributed by atoms with van der Waals surface area (Å²) in [6, 6.07) is 7.08. The van der Waals surface area contributed by atoms with Crippen LogP contribution in [0.4, 0.5) is 30.2 Å². The standard InChI is InChI=1S/C23H20F2N8O5S/c1-27-16(34)9-28-22(36)32-23-30-18(26)17(39-23)21-31-19(33-38-21)12-7-15(14(25)8-13(12)24)29-20(35)10-4-3-5-11(6-10)37-2/h3-8H,9,26H2,1-2H3,(H,27,34)(H,29,35)(H2,28,30,32,36). The second-order valence-corrected chi connectivity index (χ2v) is 8.63. The number of nitrogens with zero attached hydrogens (tertiary/aromatic N) is 3. The summed E-state index contributed by atoms with van der Waals surface area (Å²) in [5.74, 6) is -3.14. The Morgan fingerprint density at radius 3 is 2.64 bits per heavy atom. The molecule has 2 aromatic heterocycles. The number of hydrogen-bond donors (Lipinski definition) is 5. The third-order valence-electron chi connectivity index (χ3n) is 5.06. The molecule has 0 aliphatic rings. The predicted octanol–water partition coefficient (Wildman–Crippen LogP) is 2.85. The highest BCUT2D eigenvalue weighted by molar-refractivity contribution is 7.19. The number of ether oxygens (including phenoxy) is 1. The number of halogens is 2. The first-order valence-corrected chi connectivity index (χ1v) is 11.8. The molecule has 4 rings (SSSR count). The first kappa shape index (κ1) is 26.9. The minimum atomic E-state index is -1.02. The molecule has 0 saturated heterocycles. The van der Waals surface area contributed by atoms with Gasteiger partial charge in [0.15, 0.2) is 5.13 Å². The fourth-order valence-electron chi connectivity index (χ4n) is 3.13. The van der Waals surface area contributed by atoms with Gasteiger partial charge in [0.1, 0.15) is 28.1 Å². The number of anilines is 3. The Hall–Kier alpha value is -5.12. The molecule has 0 unspecified atom stereocenters. The van der Waals surface area contributed by atoms with E-state index in [4.69, 9.17) is 15.0 Å². The van der Waals surface area contributed by atoms with Crippen LogP contribution in [0.25, 0.3) is 22.2 Å². The van der Waals surface area contributed by atoms with Crippen LogP contribution in [0.5, 0.6) is 5.75 Å². The van der Waals surface area contributed by atoms with E-state index >= 15 is 0 Å². The van der Waals surface area contributed by atoms with Crippen LogP contribution in [0.3, 0.4) is 0 Å². The van der Waals surface area contributed by atoms with Gasteiger partial charge in [0, 0.05) is 18.7 Å². The number of nitrogen functional groups attached to an aromatic ring is 1. The Morgan fingerprint density at radius 1 is 1.10 bits per heavy atom. The van der Waals surface area contributed by atoms with Crippen molar-refractivity contribution < 1.29 is 32.4 Å². The molecule has 202 valence electrons. The second kappa shape index (κ2) is 11.5. The maximum Gasteiger partial charge on any atom is 0.321 e. The Kier molecular flexibility index (Phi) is 7.95. The topological polar surface area (TPSA) is 186 Å². The largest absolute Gasteiger partial charge is 0.497 e. The molecular formula is C23H20F2N8O5S. The highest BCUT2D eigenvalue weighted by Crippen LogP contribution is 2.35. The van der Waals surface area contributed by atoms with Gasteiger partial charge < -0.3 is 30.9 Å². The molecular weight excluding hydrogens is 538 g/mol. The van der Waals surface area contributed by atoms with Gasteiger partial charge in [0.05, 0.1) is 24.9 Å². The van der Waals surface area contributed by atoms with Crippen molar-refractivity contribution in [2.24, 2.45) is 0 Å². The van der Waals surface area contributed by atoms with Crippen LogP contribution in [0.15, 0.2) is 40.9 Å². The van der Waals surface area contributed by atoms with Gasteiger partial charge in [0.25, 0.3) is 11.8 Å². The van der Waals surface area contributed by atoms with Crippen molar-refractivity contribution in [1.29, 1.82) is 0 Å². The zero-order valence-corrected chi connectivity index (χ0v) is 21.1. The van der Waals surface area contributed by atoms with Gasteiger partial charge >= 0.3 is 6.03 Å². The number of hydrogen-bond acceptors (Lipinski definition) is 10. The van der Waals surface area contributed by atoms with Crippen LogP contribution in [-0.4, -0.2) is 53.7 Å². The van der Waals surface area contributed by atoms with Crippen LogP contribution in [0.2, 0.25) is 0 Å². The molecule has 0 radical (unpaired) electrons. The summed E-state index contributed by atoms with van der Waals surface area (Å²) in [6.07, 6.45) is 0. The molecule has 2 heterocycles. The molecule has 6 N–H and O–H groups in total. The van der Waals surface area contributed by atoms with Gasteiger partial charge in [-0.05, 0) is 24.3 Å². The number of urea groups is 1. The van der Waals surface area contributed by atoms with E-state index in [-0.39, 0.29) is 50.9 Å². The Labute approximate surface area is 222 Å². The van der Waals surface area contributed by atoms with Crippen LogP contribution in [0, 0.1) is 11.6 Å². The van der Waals surface area contributed by atoms with Crippen molar-refractivity contribution in [2.75, 3.05) is 37.1 Å². The van der Waals surface area contributed by atoms with E-state index in [2.05, 4.69) is 36.4 Å². The van der Waals surface area contributed by atoms with Crippen molar-refractivity contribution in [3.05, 3.63) is 53.6 Å². The van der Waals surface area contributed by atoms with Crippen molar-refractivity contribution in [1.82, 2.24) is 25.8 Å². The average Bonchev–Trinajstić information content (AvgIpc) is 3.55. The maximum atomic E-state index is 14.7. The molecule has 0 bridgehead atoms. The Bertz CT molecular complexity index is 1560. The van der Waals surface area contributed by atoms with Crippen LogP contribution in [0.1, 0.15) is 10.4 Å². The van der Waals surface area contributed by atoms with Crippen molar-refractivity contribution in [2.45, 2.75) is 0 Å². The fourth-order valence-corrected chi connectivity index (χ4v) is 3.93. The van der Waals surface area contributed by atoms with E-state index in [1.54, 1.807) is 12.1 Å². The van der Waals surface area contributed by atoms with Gasteiger partial charge in [-0.3, -0.25) is 14.9 Å². The highest BCUT2D eigenvalue weighted by Gasteiger charge is 2.22. The molecule has 0 fully saturated rings. The molecule has 0 atom stereocenters. The number of nitrogens with one attached hydrogen (secondary N) is 4. The van der Waals surface area contributed by atoms with E-state index in [1.165, 1.54) is 26.3 Å². The zero-order chi connectivity index (χ0) is 28.1. The monoisotopic (exact) mass is 558 g/mol. The van der Waals surface area contributed by atoms with Crippen LogP contribution in [-0.2, 0) is 4.79 Å². The molecule has 39 heavy (non-hydrogen) atoms. The van der Waals surface area contributed by atoms with Crippen molar-refractivity contribution >= 4 is 45.8 Å². The SMILES string of the molecule is CNC(=O)CNC(=O)Nc1nc(N)c(-c2nc(-c3cc(NC(=O)c4cccc(OC)c4)c(F)cc3F)no2)s1. The Balaban J connectivity index is 1.53. The molecule has 16 heteroatoms. The van der Waals surface area contributed by atoms with Gasteiger partial charge in [-0.15, -0.1) is 0 Å². The number of carbonyl (C=O) groups excluding carboxylic acids is 3. The molecule has 0 saturated carbocycles. The summed E-state index contributed by atoms with van der Waals surface area (Å²) < 4.78 is 39.4. The lowest BCUT2D eigenvalue weighted by atomic mass is 10.1. The number of methoxy groups -OCH3 is 1. The number of rotatable bonds is 8. The summed E-state index contributed by atoms with van der Waals surface area (Å²) in [4.78, 5) is 44.1. The van der Waals surface area contributed by atoms with Gasteiger partial charge in [-0.2, -0.15) is 4.98 Å². The minimum Gasteiger partial charge on any atom is -0.497 e. The van der Waals surface area contributed by atoms with Gasteiger partial charge in [0.2, 0.25) is 11.7 Å². The minimum absolute atomic E-state index is 0.0622. The summed E-state index contributed by atoms with van der Waals surface area (Å²) in [5.41, 5.74) is 5.51. The van der Waals surface area contributed by atoms with Gasteiger partial charge in [-0.1, -0.05) is 22.6 Å². The lowest BCUT2D eigenvalue weighted by Gasteiger charge is -2.09. The van der Waals surface area contributed by atoms with Gasteiger partial charge in [-0.25, -0.2) is 18.6 Å². The second-order valence-electron chi connectivity index (χ2n) is 7.64. The fraction of sp³-hybridized carbons (Fsp3) is 0.130. The average molecular weight is 559 g/mol. The number of benzene rings is 2. The predicted molar refractivity (Wildman–Crippen MR) is 137 cm³/mol. The number of thiazole rings is 1. The third-order valence-corrected chi connectivity index (χ3v) is 6.03. The third kappa shape index (κ3) is 6.24. The number of nitrogens with two attached hydrogens (primary N) is 1. The first-order chi connectivity index (χ1) is 18.7. The van der Waals surface area contributed by atoms with Crippen molar-refractivity contribution in [3.63, 3.8) is 0 Å². The van der Waals surface area contributed by atoms with Crippen LogP contribution >= 0.6 is 11.3 Å². The first-order valence-electron chi connectivity index (χ1n) is 11.0. The maximum absolute atomic E-state index is 14.7. The number of aromatic nitrogens is 3. The van der Waals surface area contributed by atoms with Crippen molar-refractivity contribution in [3.8, 4) is 27.9 Å². The number of likely N-dealkylation sites (N-methyl/N-ethyl adjacent to an activating group) is 1. The normalized spacial score (nSPS) is 10.6. The Morgan fingerprint density at radius 2 is 1.90 bits per heavy atom. The molecule has 0 aliphatic carbocycles. The highest BCUT2D eigenvalue weighted by atomic mass is 32.1. The lowest BCUT2D eigenvalue weighted by Crippen LogP contribution is -2.37. The molecule has 4 aromatic rings. The number of carbonyl (C=O) groups is 3.